The molecule has 0 unspecified atom stereocenters. The summed E-state index contributed by atoms with van der Waals surface area (Å²) in [6.07, 6.45) is 2.14. The first-order valence-electron chi connectivity index (χ1n) is 21.5. The Morgan fingerprint density at radius 3 is 2.37 bits per heavy atom. The normalized spacial score (nSPS) is 40.4. The summed E-state index contributed by atoms with van der Waals surface area (Å²) in [6.45, 7) is 2.07. The first-order chi connectivity index (χ1) is 29.3. The number of ketones is 2. The Kier molecular flexibility index (Phi) is 11.7. The summed E-state index contributed by atoms with van der Waals surface area (Å²) in [6, 6.07) is 6.56. The lowest BCUT2D eigenvalue weighted by Gasteiger charge is -2.63. The number of aliphatic hydroxyl groups excluding tert-OH is 2. The summed E-state index contributed by atoms with van der Waals surface area (Å²) in [5.74, 6) is -4.88. The second-order valence-electron chi connectivity index (χ2n) is 19.3. The Morgan fingerprint density at radius 1 is 1.00 bits per heavy atom. The molecule has 1 saturated heterocycles. The molecule has 11 atom stereocenters. The van der Waals surface area contributed by atoms with Crippen molar-refractivity contribution in [3.63, 3.8) is 0 Å². The average molecular weight is 931 g/mol. The zero-order chi connectivity index (χ0) is 44.6. The van der Waals surface area contributed by atoms with Gasteiger partial charge in [0.05, 0.1) is 24.1 Å². The number of benzene rings is 1. The largest absolute Gasteiger partial charge is 0.481 e. The average Bonchev–Trinajstić information content (AvgIpc) is 3.71. The maximum Gasteiger partial charge on any atom is 0.303 e. The van der Waals surface area contributed by atoms with Crippen LogP contribution in [-0.2, 0) is 44.7 Å². The number of allylic oxidation sites excluding steroid dienone is 4. The van der Waals surface area contributed by atoms with Crippen molar-refractivity contribution in [2.75, 3.05) is 18.5 Å². The fraction of sp³-hybridized carbons (Fsp3) is 0.644. The summed E-state index contributed by atoms with van der Waals surface area (Å²) >= 11 is 2.99. The number of rotatable bonds is 14. The Morgan fingerprint density at radius 2 is 1.71 bits per heavy atom. The Hall–Kier alpha value is -3.90. The van der Waals surface area contributed by atoms with Crippen molar-refractivity contribution in [3.8, 4) is 0 Å². The van der Waals surface area contributed by atoms with Crippen LogP contribution in [0.4, 0.5) is 8.78 Å². The molecule has 6 N–H and O–H groups in total. The van der Waals surface area contributed by atoms with E-state index >= 15 is 8.78 Å². The van der Waals surface area contributed by atoms with Crippen LogP contribution in [-0.4, -0.2) is 111 Å². The van der Waals surface area contributed by atoms with Crippen LogP contribution in [0.15, 0.2) is 48.1 Å². The minimum atomic E-state index is -2.33. The third-order valence-corrected chi connectivity index (χ3v) is 16.2. The lowest BCUT2D eigenvalue weighted by atomic mass is 9.44. The number of amides is 3. The number of nitrogens with one attached hydrogen (secondary N) is 3. The highest BCUT2D eigenvalue weighted by atomic mass is 79.9. The molecular formula is C45H54BrF2N3O11. The van der Waals surface area contributed by atoms with E-state index in [0.29, 0.717) is 11.5 Å². The topological polar surface area (TPSA) is 218 Å². The van der Waals surface area contributed by atoms with Gasteiger partial charge in [-0.15, -0.1) is 0 Å². The molecule has 1 aromatic carbocycles. The number of hydrogen-bond acceptors (Lipinski definition) is 10. The highest BCUT2D eigenvalue weighted by molar-refractivity contribution is 9.09. The second-order valence-corrected chi connectivity index (χ2v) is 19.8. The first-order valence-corrected chi connectivity index (χ1v) is 22.6. The lowest BCUT2D eigenvalue weighted by Crippen LogP contribution is -2.70. The summed E-state index contributed by atoms with van der Waals surface area (Å²) in [5, 5.41) is 39.1. The number of hydrogen-bond donors (Lipinski definition) is 6. The van der Waals surface area contributed by atoms with Crippen LogP contribution < -0.4 is 16.0 Å². The van der Waals surface area contributed by atoms with E-state index in [1.165, 1.54) is 19.1 Å². The van der Waals surface area contributed by atoms with E-state index in [4.69, 9.17) is 14.6 Å². The Bertz CT molecular complexity index is 2090. The molecule has 3 amide bonds. The minimum Gasteiger partial charge on any atom is -0.481 e. The van der Waals surface area contributed by atoms with Gasteiger partial charge in [0.2, 0.25) is 17.7 Å². The van der Waals surface area contributed by atoms with Gasteiger partial charge in [-0.3, -0.25) is 28.8 Å². The van der Waals surface area contributed by atoms with Crippen LogP contribution in [0.3, 0.4) is 0 Å². The van der Waals surface area contributed by atoms with Gasteiger partial charge < -0.3 is 40.7 Å². The van der Waals surface area contributed by atoms with Crippen LogP contribution in [0.2, 0.25) is 0 Å². The molecule has 8 rings (SSSR count). The fourth-order valence-electron chi connectivity index (χ4n) is 12.9. The number of halogens is 3. The fourth-order valence-corrected chi connectivity index (χ4v) is 13.1. The van der Waals surface area contributed by atoms with Gasteiger partial charge in [0, 0.05) is 34.8 Å². The van der Waals surface area contributed by atoms with Crippen molar-refractivity contribution in [2.24, 2.45) is 34.0 Å². The molecule has 14 nitrogen and oxygen atoms in total. The van der Waals surface area contributed by atoms with Crippen molar-refractivity contribution in [1.82, 2.24) is 16.0 Å². The lowest BCUT2D eigenvalue weighted by molar-refractivity contribution is -0.235. The van der Waals surface area contributed by atoms with E-state index in [1.54, 1.807) is 6.92 Å². The Labute approximate surface area is 366 Å². The van der Waals surface area contributed by atoms with Crippen molar-refractivity contribution in [1.29, 1.82) is 0 Å². The Balaban J connectivity index is 0.871. The predicted molar refractivity (Wildman–Crippen MR) is 220 cm³/mol. The molecule has 17 heteroatoms. The molecule has 336 valence electrons. The number of carboxylic acid groups (broad SMARTS) is 1. The third kappa shape index (κ3) is 7.17. The third-order valence-electron chi connectivity index (χ3n) is 15.7. The van der Waals surface area contributed by atoms with Gasteiger partial charge in [-0.2, -0.15) is 0 Å². The summed E-state index contributed by atoms with van der Waals surface area (Å²) in [5.41, 5.74) is -5.00. The number of carbonyl (C=O) groups is 6. The molecule has 62 heavy (non-hydrogen) atoms. The molecule has 1 heterocycles. The highest BCUT2D eigenvalue weighted by Crippen LogP contribution is 2.72. The highest BCUT2D eigenvalue weighted by Gasteiger charge is 2.80. The second kappa shape index (κ2) is 16.3. The van der Waals surface area contributed by atoms with E-state index < -0.39 is 107 Å². The van der Waals surface area contributed by atoms with Crippen molar-refractivity contribution in [2.45, 2.75) is 126 Å². The number of alkyl halides is 3. The predicted octanol–water partition coefficient (Wildman–Crippen LogP) is 3.41. The van der Waals surface area contributed by atoms with E-state index in [-0.39, 0.29) is 61.0 Å². The smallest absolute Gasteiger partial charge is 0.303 e. The van der Waals surface area contributed by atoms with E-state index in [2.05, 4.69) is 31.9 Å². The van der Waals surface area contributed by atoms with Gasteiger partial charge in [-0.05, 0) is 105 Å². The molecule has 5 saturated carbocycles. The zero-order valence-corrected chi connectivity index (χ0v) is 36.3. The van der Waals surface area contributed by atoms with E-state index in [0.717, 1.165) is 43.7 Å². The molecule has 7 aliphatic rings. The molecule has 0 bridgehead atoms. The number of carbonyl (C=O) groups excluding carboxylic acids is 5. The van der Waals surface area contributed by atoms with Crippen LogP contribution in [0, 0.1) is 34.0 Å². The molecule has 0 aromatic heterocycles. The molecule has 6 aliphatic carbocycles. The van der Waals surface area contributed by atoms with Gasteiger partial charge in [-0.1, -0.05) is 53.2 Å². The van der Waals surface area contributed by atoms with Crippen LogP contribution >= 0.6 is 15.9 Å². The molecule has 1 aliphatic heterocycles. The first kappa shape index (κ1) is 44.7. The van der Waals surface area contributed by atoms with Gasteiger partial charge in [0.1, 0.15) is 18.8 Å². The van der Waals surface area contributed by atoms with Gasteiger partial charge in [0.25, 0.3) is 0 Å². The quantitative estimate of drug-likeness (QED) is 0.149. The number of aliphatic carboxylic acids is 1. The molecule has 1 spiro atoms. The number of fused-ring (bicyclic) bond motifs is 7. The van der Waals surface area contributed by atoms with Crippen LogP contribution in [0.1, 0.15) is 89.1 Å². The van der Waals surface area contributed by atoms with Gasteiger partial charge in [0.15, 0.2) is 29.1 Å². The maximum absolute atomic E-state index is 17.7. The van der Waals surface area contributed by atoms with Gasteiger partial charge >= 0.3 is 5.97 Å². The molecule has 6 fully saturated rings. The van der Waals surface area contributed by atoms with Crippen molar-refractivity contribution >= 4 is 51.2 Å². The molecule has 1 aromatic rings. The monoisotopic (exact) mass is 929 g/mol. The number of ether oxygens (including phenoxy) is 2. The zero-order valence-electron chi connectivity index (χ0n) is 34.7. The minimum absolute atomic E-state index is 0.0124. The van der Waals surface area contributed by atoms with Crippen molar-refractivity contribution < 1.29 is 62.3 Å². The number of carboxylic acids is 1. The standard InChI is InChI=1S/C45H54BrF2N3O11/c1-41-10-9-27(53)12-30(41)31(47)13-29-28-14-35-45(34(55)22-52,42(28,2)19-33(54)44(29,41)48)62-40(61-35)25-5-3-23(4-6-25)11-24-15-43(16-24)17-26(18-43)50-39(60)32(7-8-38(58)59)51-37(57)21-49-36(56)20-46/h3-6,9-10,12,24,26,28-29,31-33,35,40,52,54H,7-8,11,13-22H2,1-2H3,(H,49,56)(H,50,60)(H,51,57)(H,58,59)/t24?,26?,28-,29-,31-,32-,33-,35+,40+,41-,42-,43?,44-,45+/m0/s1. The van der Waals surface area contributed by atoms with Crippen LogP contribution in [0.25, 0.3) is 0 Å². The molecular weight excluding hydrogens is 876 g/mol. The maximum atomic E-state index is 17.7. The van der Waals surface area contributed by atoms with Crippen LogP contribution in [0.5, 0.6) is 0 Å². The summed E-state index contributed by atoms with van der Waals surface area (Å²) in [4.78, 5) is 74.2. The molecule has 0 radical (unpaired) electrons. The van der Waals surface area contributed by atoms with Gasteiger partial charge in [-0.25, -0.2) is 8.78 Å². The number of Topliss-reactive ketones (excluding diaryl/α,β-unsaturated/α-hetero) is 1. The van der Waals surface area contributed by atoms with Crippen molar-refractivity contribution in [3.05, 3.63) is 59.2 Å². The summed E-state index contributed by atoms with van der Waals surface area (Å²) < 4.78 is 46.8. The number of aliphatic hydroxyl groups is 2. The van der Waals surface area contributed by atoms with E-state index in [9.17, 15) is 39.0 Å². The van der Waals surface area contributed by atoms with E-state index in [1.807, 2.05) is 24.3 Å². The SMILES string of the molecule is C[C@]12C=CC(=O)C=C1[C@@H](F)C[C@H]1[C@@H]3C[C@H]4O[C@@H](c5ccc(CC6CC7(C6)CC(NC(=O)[C@H](CCC(=O)O)NC(=O)CNC(=O)CBr)C7)cc5)O[C@@]4(C(=O)CO)[C@@]3(C)C[C@H](O)[C@@]12F. The summed E-state index contributed by atoms with van der Waals surface area (Å²) in [7, 11) is 0.